The highest BCUT2D eigenvalue weighted by Crippen LogP contribution is 2.31. The fourth-order valence-electron chi connectivity index (χ4n) is 0.910. The molecule has 0 saturated carbocycles. The van der Waals surface area contributed by atoms with Gasteiger partial charge in [0.25, 0.3) is 0 Å². The molecule has 0 bridgehead atoms. The van der Waals surface area contributed by atoms with E-state index in [4.69, 9.17) is 0 Å². The molecule has 0 amide bonds. The SMILES string of the molecule is CCCCc1csc(C(F)(F)F)n1. The van der Waals surface area contributed by atoms with E-state index in [1.165, 1.54) is 5.38 Å². The van der Waals surface area contributed by atoms with E-state index in [0.29, 0.717) is 23.5 Å². The van der Waals surface area contributed by atoms with Crippen LogP contribution in [-0.4, -0.2) is 4.98 Å². The van der Waals surface area contributed by atoms with Crippen LogP contribution in [0.5, 0.6) is 0 Å². The number of unbranched alkanes of at least 4 members (excludes halogenated alkanes) is 1. The van der Waals surface area contributed by atoms with Gasteiger partial charge in [0, 0.05) is 5.38 Å². The molecule has 0 radical (unpaired) electrons. The third-order valence-electron chi connectivity index (χ3n) is 1.58. The Hall–Kier alpha value is -0.580. The van der Waals surface area contributed by atoms with Crippen LogP contribution in [0.4, 0.5) is 13.2 Å². The number of hydrogen-bond acceptors (Lipinski definition) is 2. The average molecular weight is 209 g/mol. The largest absolute Gasteiger partial charge is 0.443 e. The Balaban J connectivity index is 2.64. The first-order chi connectivity index (χ1) is 6.04. The van der Waals surface area contributed by atoms with Gasteiger partial charge in [0.1, 0.15) is 0 Å². The van der Waals surface area contributed by atoms with Gasteiger partial charge in [-0.25, -0.2) is 4.98 Å². The molecule has 13 heavy (non-hydrogen) atoms. The van der Waals surface area contributed by atoms with Gasteiger partial charge in [-0.2, -0.15) is 13.2 Å². The van der Waals surface area contributed by atoms with Crippen molar-refractivity contribution in [2.45, 2.75) is 32.4 Å². The van der Waals surface area contributed by atoms with Crippen LogP contribution >= 0.6 is 11.3 Å². The maximum absolute atomic E-state index is 12.1. The van der Waals surface area contributed by atoms with Crippen LogP contribution in [0.1, 0.15) is 30.5 Å². The number of alkyl halides is 3. The molecule has 1 nitrogen and oxygen atoms in total. The first kappa shape index (κ1) is 10.5. The molecule has 0 aromatic carbocycles. The van der Waals surface area contributed by atoms with E-state index in [2.05, 4.69) is 4.98 Å². The average Bonchev–Trinajstić information content (AvgIpc) is 2.47. The topological polar surface area (TPSA) is 12.9 Å². The first-order valence-electron chi connectivity index (χ1n) is 4.05. The van der Waals surface area contributed by atoms with Gasteiger partial charge in [-0.1, -0.05) is 13.3 Å². The highest BCUT2D eigenvalue weighted by molar-refractivity contribution is 7.09. The van der Waals surface area contributed by atoms with Gasteiger partial charge in [-0.15, -0.1) is 11.3 Å². The third-order valence-corrected chi connectivity index (χ3v) is 2.52. The molecule has 0 aliphatic rings. The molecule has 0 spiro atoms. The summed E-state index contributed by atoms with van der Waals surface area (Å²) in [5.74, 6) is 0. The Morgan fingerprint density at radius 3 is 2.62 bits per heavy atom. The van der Waals surface area contributed by atoms with Crippen molar-refractivity contribution in [1.29, 1.82) is 0 Å². The Labute approximate surface area is 78.6 Å². The van der Waals surface area contributed by atoms with Gasteiger partial charge in [-0.3, -0.25) is 0 Å². The predicted octanol–water partition coefficient (Wildman–Crippen LogP) is 3.50. The second kappa shape index (κ2) is 4.09. The minimum absolute atomic E-state index is 0.555. The summed E-state index contributed by atoms with van der Waals surface area (Å²) < 4.78 is 36.2. The van der Waals surface area contributed by atoms with Crippen molar-refractivity contribution < 1.29 is 13.2 Å². The van der Waals surface area contributed by atoms with E-state index in [9.17, 15) is 13.2 Å². The molecule has 0 atom stereocenters. The molecule has 1 aromatic heterocycles. The number of thiazole rings is 1. The standard InChI is InChI=1S/C8H10F3NS/c1-2-3-4-6-5-13-7(12-6)8(9,10)11/h5H,2-4H2,1H3. The van der Waals surface area contributed by atoms with Crippen LogP contribution in [-0.2, 0) is 12.6 Å². The summed E-state index contributed by atoms with van der Waals surface area (Å²) in [6.45, 7) is 2.00. The van der Waals surface area contributed by atoms with E-state index in [0.717, 1.165) is 12.8 Å². The van der Waals surface area contributed by atoms with E-state index in [1.807, 2.05) is 6.92 Å². The van der Waals surface area contributed by atoms with Gasteiger partial charge in [0.15, 0.2) is 5.01 Å². The zero-order valence-corrected chi connectivity index (χ0v) is 8.00. The van der Waals surface area contributed by atoms with Gasteiger partial charge in [-0.05, 0) is 12.8 Å². The van der Waals surface area contributed by atoms with Crippen LogP contribution in [0, 0.1) is 0 Å². The molecule has 0 fully saturated rings. The number of rotatable bonds is 3. The molecular formula is C8H10F3NS. The van der Waals surface area contributed by atoms with Crippen LogP contribution in [0.15, 0.2) is 5.38 Å². The Kier molecular flexibility index (Phi) is 3.30. The lowest BCUT2D eigenvalue weighted by molar-refractivity contribution is -0.137. The summed E-state index contributed by atoms with van der Waals surface area (Å²) in [6, 6.07) is 0. The molecule has 1 heterocycles. The van der Waals surface area contributed by atoms with Gasteiger partial charge < -0.3 is 0 Å². The molecule has 0 N–H and O–H groups in total. The van der Waals surface area contributed by atoms with Crippen LogP contribution < -0.4 is 0 Å². The highest BCUT2D eigenvalue weighted by Gasteiger charge is 2.34. The summed E-state index contributed by atoms with van der Waals surface area (Å²) >= 11 is 0.671. The molecular weight excluding hydrogens is 199 g/mol. The quantitative estimate of drug-likeness (QED) is 0.742. The lowest BCUT2D eigenvalue weighted by atomic mass is 10.2. The zero-order valence-electron chi connectivity index (χ0n) is 7.19. The maximum Gasteiger partial charge on any atom is 0.443 e. The van der Waals surface area contributed by atoms with Crippen LogP contribution in [0.2, 0.25) is 0 Å². The molecule has 1 rings (SSSR count). The number of aryl methyl sites for hydroxylation is 1. The number of hydrogen-bond donors (Lipinski definition) is 0. The normalized spacial score (nSPS) is 12.0. The summed E-state index contributed by atoms with van der Waals surface area (Å²) in [6.07, 6.45) is -1.78. The second-order valence-corrected chi connectivity index (χ2v) is 3.60. The number of halogens is 3. The smallest absolute Gasteiger partial charge is 0.237 e. The van der Waals surface area contributed by atoms with Crippen molar-refractivity contribution in [3.05, 3.63) is 16.1 Å². The summed E-state index contributed by atoms with van der Waals surface area (Å²) in [5, 5.41) is 0.747. The molecule has 0 aliphatic heterocycles. The van der Waals surface area contributed by atoms with Gasteiger partial charge in [0.05, 0.1) is 5.69 Å². The molecule has 1 aromatic rings. The highest BCUT2D eigenvalue weighted by atomic mass is 32.1. The summed E-state index contributed by atoms with van der Waals surface area (Å²) in [7, 11) is 0. The monoisotopic (exact) mass is 209 g/mol. The molecule has 0 aliphatic carbocycles. The van der Waals surface area contributed by atoms with Crippen molar-refractivity contribution in [2.24, 2.45) is 0 Å². The fraction of sp³-hybridized carbons (Fsp3) is 0.625. The fourth-order valence-corrected chi connectivity index (χ4v) is 1.63. The lowest BCUT2D eigenvalue weighted by Crippen LogP contribution is -2.04. The van der Waals surface area contributed by atoms with Crippen LogP contribution in [0.3, 0.4) is 0 Å². The van der Waals surface area contributed by atoms with Crippen molar-refractivity contribution in [1.82, 2.24) is 4.98 Å². The van der Waals surface area contributed by atoms with E-state index in [-0.39, 0.29) is 0 Å². The van der Waals surface area contributed by atoms with Crippen molar-refractivity contribution in [3.63, 3.8) is 0 Å². The van der Waals surface area contributed by atoms with Crippen LogP contribution in [0.25, 0.3) is 0 Å². The Morgan fingerprint density at radius 2 is 2.15 bits per heavy atom. The lowest BCUT2D eigenvalue weighted by Gasteiger charge is -1.99. The first-order valence-corrected chi connectivity index (χ1v) is 4.93. The van der Waals surface area contributed by atoms with Gasteiger partial charge in [0.2, 0.25) is 0 Å². The minimum atomic E-state index is -4.28. The van der Waals surface area contributed by atoms with Crippen molar-refractivity contribution in [2.75, 3.05) is 0 Å². The van der Waals surface area contributed by atoms with E-state index < -0.39 is 11.2 Å². The Morgan fingerprint density at radius 1 is 1.46 bits per heavy atom. The Bertz CT molecular complexity index is 267. The molecule has 5 heteroatoms. The molecule has 0 unspecified atom stereocenters. The van der Waals surface area contributed by atoms with Crippen molar-refractivity contribution >= 4 is 11.3 Å². The summed E-state index contributed by atoms with van der Waals surface area (Å²) in [5.41, 5.74) is 0.555. The molecule has 0 saturated heterocycles. The third kappa shape index (κ3) is 2.99. The maximum atomic E-state index is 12.1. The number of nitrogens with zero attached hydrogens (tertiary/aromatic N) is 1. The van der Waals surface area contributed by atoms with E-state index >= 15 is 0 Å². The predicted molar refractivity (Wildman–Crippen MR) is 45.7 cm³/mol. The minimum Gasteiger partial charge on any atom is -0.237 e. The van der Waals surface area contributed by atoms with Gasteiger partial charge >= 0.3 is 6.18 Å². The van der Waals surface area contributed by atoms with Crippen molar-refractivity contribution in [3.8, 4) is 0 Å². The zero-order chi connectivity index (χ0) is 9.90. The second-order valence-electron chi connectivity index (χ2n) is 2.75. The molecule has 74 valence electrons. The summed E-state index contributed by atoms with van der Waals surface area (Å²) in [4.78, 5) is 3.51. The van der Waals surface area contributed by atoms with E-state index in [1.54, 1.807) is 0 Å². The number of aromatic nitrogens is 1.